The van der Waals surface area contributed by atoms with Gasteiger partial charge in [-0.25, -0.2) is 4.79 Å². The van der Waals surface area contributed by atoms with Crippen LogP contribution in [0.2, 0.25) is 0 Å². The van der Waals surface area contributed by atoms with Gasteiger partial charge in [-0.1, -0.05) is 24.3 Å². The number of esters is 1. The van der Waals surface area contributed by atoms with E-state index in [1.807, 2.05) is 44.4 Å². The molecular weight excluding hydrogens is 422 g/mol. The highest BCUT2D eigenvalue weighted by Gasteiger charge is 2.36. The summed E-state index contributed by atoms with van der Waals surface area (Å²) in [5.41, 5.74) is 2.68. The molecule has 1 saturated heterocycles. The summed E-state index contributed by atoms with van der Waals surface area (Å²) < 4.78 is 11.3. The lowest BCUT2D eigenvalue weighted by Gasteiger charge is -2.27. The van der Waals surface area contributed by atoms with Crippen LogP contribution in [0.4, 0.5) is 0 Å². The highest BCUT2D eigenvalue weighted by molar-refractivity contribution is 7.98. The maximum absolute atomic E-state index is 13.3. The van der Waals surface area contributed by atoms with Gasteiger partial charge in [-0.15, -0.1) is 11.8 Å². The van der Waals surface area contributed by atoms with Crippen LogP contribution in [0.25, 0.3) is 0 Å². The molecule has 1 fully saturated rings. The predicted molar refractivity (Wildman–Crippen MR) is 129 cm³/mol. The number of hydrogen-bond donors (Lipinski definition) is 1. The van der Waals surface area contributed by atoms with Gasteiger partial charge >= 0.3 is 5.97 Å². The number of aryl methyl sites for hydroxylation is 2. The molecular formula is C26H33NO4S. The molecule has 2 atom stereocenters. The Bertz CT molecular complexity index is 961. The second-order valence-electron chi connectivity index (χ2n) is 8.78. The van der Waals surface area contributed by atoms with Gasteiger partial charge in [0.1, 0.15) is 5.75 Å². The molecule has 1 N–H and O–H groups in total. The minimum atomic E-state index is -1.08. The Balaban J connectivity index is 1.84. The van der Waals surface area contributed by atoms with Crippen molar-refractivity contribution in [1.29, 1.82) is 0 Å². The van der Waals surface area contributed by atoms with E-state index >= 15 is 0 Å². The molecule has 0 saturated carbocycles. The van der Waals surface area contributed by atoms with E-state index in [4.69, 9.17) is 9.47 Å². The van der Waals surface area contributed by atoms with Crippen molar-refractivity contribution in [2.45, 2.75) is 51.0 Å². The molecule has 1 aliphatic rings. The summed E-state index contributed by atoms with van der Waals surface area (Å²) in [6, 6.07) is 12.0. The minimum Gasteiger partial charge on any atom is -0.476 e. The third-order valence-corrected chi connectivity index (χ3v) is 6.70. The lowest BCUT2D eigenvalue weighted by Crippen LogP contribution is -2.40. The Morgan fingerprint density at radius 2 is 1.72 bits per heavy atom. The number of hydrogen-bond acceptors (Lipinski definition) is 6. The van der Waals surface area contributed by atoms with Crippen LogP contribution in [0.1, 0.15) is 53.7 Å². The Kier molecular flexibility index (Phi) is 7.67. The largest absolute Gasteiger partial charge is 0.476 e. The summed E-state index contributed by atoms with van der Waals surface area (Å²) >= 11 is 1.67. The Labute approximate surface area is 195 Å². The molecule has 1 aliphatic heterocycles. The summed E-state index contributed by atoms with van der Waals surface area (Å²) in [6.07, 6.45) is 2.03. The second-order valence-corrected chi connectivity index (χ2v) is 9.66. The van der Waals surface area contributed by atoms with Gasteiger partial charge in [0.25, 0.3) is 0 Å². The van der Waals surface area contributed by atoms with Gasteiger partial charge < -0.3 is 14.8 Å². The minimum absolute atomic E-state index is 0.0900. The van der Waals surface area contributed by atoms with E-state index in [1.54, 1.807) is 32.5 Å². The van der Waals surface area contributed by atoms with E-state index in [0.717, 1.165) is 33.7 Å². The number of nitrogens with one attached hydrogen (secondary N) is 1. The molecule has 0 bridgehead atoms. The SMILES string of the molecule is CCOC(=O)C(C)(C)Oc1c(C)cc(C2CNCC2C(=O)c2ccc(SC)cc2)cc1C. The number of carbonyl (C=O) groups is 2. The van der Waals surface area contributed by atoms with Gasteiger partial charge in [-0.3, -0.25) is 4.79 Å². The van der Waals surface area contributed by atoms with Crippen LogP contribution in [0.5, 0.6) is 5.75 Å². The molecule has 2 aromatic rings. The lowest BCUT2D eigenvalue weighted by molar-refractivity contribution is -0.158. The van der Waals surface area contributed by atoms with E-state index in [0.29, 0.717) is 18.9 Å². The second kappa shape index (κ2) is 10.1. The fourth-order valence-electron chi connectivity index (χ4n) is 4.23. The molecule has 5 nitrogen and oxygen atoms in total. The molecule has 32 heavy (non-hydrogen) atoms. The van der Waals surface area contributed by atoms with Gasteiger partial charge in [0.15, 0.2) is 11.4 Å². The zero-order valence-electron chi connectivity index (χ0n) is 19.8. The first-order valence-electron chi connectivity index (χ1n) is 11.0. The first-order valence-corrected chi connectivity index (χ1v) is 12.3. The van der Waals surface area contributed by atoms with Gasteiger partial charge in [0, 0.05) is 35.4 Å². The van der Waals surface area contributed by atoms with Gasteiger partial charge in [0.05, 0.1) is 6.61 Å². The van der Waals surface area contributed by atoms with E-state index in [-0.39, 0.29) is 23.6 Å². The van der Waals surface area contributed by atoms with Crippen LogP contribution < -0.4 is 10.1 Å². The quantitative estimate of drug-likeness (QED) is 0.346. The number of ether oxygens (including phenoxy) is 2. The maximum atomic E-state index is 13.3. The molecule has 0 amide bonds. The Morgan fingerprint density at radius 3 is 2.28 bits per heavy atom. The van der Waals surface area contributed by atoms with Crippen molar-refractivity contribution in [3.05, 3.63) is 58.7 Å². The Hall–Kier alpha value is -2.31. The number of thioether (sulfide) groups is 1. The first-order chi connectivity index (χ1) is 15.2. The van der Waals surface area contributed by atoms with Crippen LogP contribution in [0, 0.1) is 19.8 Å². The molecule has 6 heteroatoms. The van der Waals surface area contributed by atoms with Crippen molar-refractivity contribution in [2.75, 3.05) is 26.0 Å². The topological polar surface area (TPSA) is 64.6 Å². The summed E-state index contributed by atoms with van der Waals surface area (Å²) in [5.74, 6) is 0.449. The van der Waals surface area contributed by atoms with Crippen molar-refractivity contribution in [2.24, 2.45) is 5.92 Å². The van der Waals surface area contributed by atoms with Gasteiger partial charge in [0.2, 0.25) is 0 Å². The number of rotatable bonds is 8. The van der Waals surface area contributed by atoms with E-state index < -0.39 is 5.60 Å². The van der Waals surface area contributed by atoms with Crippen molar-refractivity contribution in [1.82, 2.24) is 5.32 Å². The van der Waals surface area contributed by atoms with Crippen molar-refractivity contribution < 1.29 is 19.1 Å². The standard InChI is InChI=1S/C26H33NO4S/c1-7-30-25(29)26(4,5)31-24-16(2)12-19(13-17(24)3)21-14-27-15-22(21)23(28)18-8-10-20(32-6)11-9-18/h8-13,21-22,27H,7,14-15H2,1-6H3. The summed E-state index contributed by atoms with van der Waals surface area (Å²) in [4.78, 5) is 26.7. The van der Waals surface area contributed by atoms with Crippen LogP contribution in [0.3, 0.4) is 0 Å². The van der Waals surface area contributed by atoms with Crippen molar-refractivity contribution in [3.8, 4) is 5.75 Å². The fourth-order valence-corrected chi connectivity index (χ4v) is 4.64. The summed E-state index contributed by atoms with van der Waals surface area (Å²) in [7, 11) is 0. The van der Waals surface area contributed by atoms with Gasteiger partial charge in [-0.05, 0) is 69.7 Å². The normalized spacial score (nSPS) is 18.4. The third-order valence-electron chi connectivity index (χ3n) is 5.96. The summed E-state index contributed by atoms with van der Waals surface area (Å²) in [6.45, 7) is 10.9. The molecule has 2 unspecified atom stereocenters. The van der Waals surface area contributed by atoms with Crippen LogP contribution >= 0.6 is 11.8 Å². The van der Waals surface area contributed by atoms with Crippen LogP contribution in [-0.4, -0.2) is 43.3 Å². The third kappa shape index (κ3) is 5.18. The smallest absolute Gasteiger partial charge is 0.349 e. The molecule has 3 rings (SSSR count). The number of ketones is 1. The summed E-state index contributed by atoms with van der Waals surface area (Å²) in [5, 5.41) is 3.40. The highest BCUT2D eigenvalue weighted by atomic mass is 32.2. The number of benzene rings is 2. The number of Topliss-reactive ketones (excluding diaryl/α,β-unsaturated/α-hetero) is 1. The van der Waals surface area contributed by atoms with Crippen LogP contribution in [-0.2, 0) is 9.53 Å². The Morgan fingerprint density at radius 1 is 1.09 bits per heavy atom. The van der Waals surface area contributed by atoms with Crippen molar-refractivity contribution in [3.63, 3.8) is 0 Å². The molecule has 2 aromatic carbocycles. The van der Waals surface area contributed by atoms with E-state index in [9.17, 15) is 9.59 Å². The first kappa shape index (κ1) is 24.3. The molecule has 0 spiro atoms. The van der Waals surface area contributed by atoms with Gasteiger partial charge in [-0.2, -0.15) is 0 Å². The molecule has 172 valence electrons. The van der Waals surface area contributed by atoms with Crippen molar-refractivity contribution >= 4 is 23.5 Å². The predicted octanol–water partition coefficient (Wildman–Crippen LogP) is 4.93. The lowest BCUT2D eigenvalue weighted by atomic mass is 9.82. The zero-order chi connectivity index (χ0) is 23.5. The molecule has 0 radical (unpaired) electrons. The van der Waals surface area contributed by atoms with Crippen LogP contribution in [0.15, 0.2) is 41.3 Å². The zero-order valence-corrected chi connectivity index (χ0v) is 20.6. The monoisotopic (exact) mass is 455 g/mol. The fraction of sp³-hybridized carbons (Fsp3) is 0.462. The average Bonchev–Trinajstić information content (AvgIpc) is 3.26. The number of carbonyl (C=O) groups excluding carboxylic acids is 2. The average molecular weight is 456 g/mol. The van der Waals surface area contributed by atoms with E-state index in [1.165, 1.54) is 0 Å². The molecule has 0 aromatic heterocycles. The molecule has 1 heterocycles. The maximum Gasteiger partial charge on any atom is 0.349 e. The molecule has 0 aliphatic carbocycles. The highest BCUT2D eigenvalue weighted by Crippen LogP contribution is 2.36. The van der Waals surface area contributed by atoms with E-state index in [2.05, 4.69) is 17.4 Å².